The molecule has 0 fully saturated rings. The summed E-state index contributed by atoms with van der Waals surface area (Å²) < 4.78 is 12.5. The van der Waals surface area contributed by atoms with Crippen molar-refractivity contribution in [2.45, 2.75) is 5.16 Å². The molecule has 0 bridgehead atoms. The number of para-hydroxylation sites is 2. The number of carbonyl (C=O) groups excluding carboxylic acids is 1. The molecule has 8 nitrogen and oxygen atoms in total. The zero-order chi connectivity index (χ0) is 22.3. The van der Waals surface area contributed by atoms with Gasteiger partial charge >= 0.3 is 0 Å². The van der Waals surface area contributed by atoms with Gasteiger partial charge in [0, 0.05) is 11.8 Å². The Morgan fingerprint density at radius 3 is 2.56 bits per heavy atom. The van der Waals surface area contributed by atoms with Crippen molar-refractivity contribution in [3.63, 3.8) is 0 Å². The fourth-order valence-corrected chi connectivity index (χ4v) is 3.63. The average Bonchev–Trinajstić information content (AvgIpc) is 3.18. The number of amides is 1. The van der Waals surface area contributed by atoms with Crippen LogP contribution >= 0.6 is 11.8 Å². The third-order valence-electron chi connectivity index (χ3n) is 4.44. The van der Waals surface area contributed by atoms with Gasteiger partial charge in [0.05, 0.1) is 18.4 Å². The summed E-state index contributed by atoms with van der Waals surface area (Å²) in [5.74, 6) is 8.52. The van der Waals surface area contributed by atoms with Crippen molar-refractivity contribution in [1.82, 2.24) is 14.9 Å². The summed E-state index contributed by atoms with van der Waals surface area (Å²) in [5.41, 5.74) is 1.35. The van der Waals surface area contributed by atoms with Crippen LogP contribution in [0.5, 0.6) is 17.2 Å². The minimum atomic E-state index is -0.200. The number of methoxy groups -OCH3 is 1. The first kappa shape index (κ1) is 21.3. The number of carbonyl (C=O) groups is 1. The Morgan fingerprint density at radius 1 is 1.00 bits per heavy atom. The van der Waals surface area contributed by atoms with Crippen LogP contribution in [0.2, 0.25) is 0 Å². The van der Waals surface area contributed by atoms with Crippen molar-refractivity contribution in [1.29, 1.82) is 0 Å². The summed E-state index contributed by atoms with van der Waals surface area (Å²) in [4.78, 5) is 12.5. The molecule has 4 aromatic rings. The summed E-state index contributed by atoms with van der Waals surface area (Å²) >= 11 is 1.19. The first-order valence-electron chi connectivity index (χ1n) is 9.73. The van der Waals surface area contributed by atoms with Crippen molar-refractivity contribution in [3.8, 4) is 28.6 Å². The number of nitrogens with zero attached hydrogens (tertiary/aromatic N) is 3. The van der Waals surface area contributed by atoms with E-state index in [0.717, 1.165) is 11.3 Å². The Morgan fingerprint density at radius 2 is 1.75 bits per heavy atom. The van der Waals surface area contributed by atoms with E-state index in [2.05, 4.69) is 15.5 Å². The molecule has 0 aliphatic carbocycles. The van der Waals surface area contributed by atoms with Crippen LogP contribution < -0.4 is 20.6 Å². The van der Waals surface area contributed by atoms with Crippen molar-refractivity contribution in [3.05, 3.63) is 78.9 Å². The number of hydrogen-bond acceptors (Lipinski definition) is 7. The molecular formula is C23H21N5O3S. The van der Waals surface area contributed by atoms with Gasteiger partial charge in [0.15, 0.2) is 5.82 Å². The summed E-state index contributed by atoms with van der Waals surface area (Å²) in [7, 11) is 1.58. The van der Waals surface area contributed by atoms with Crippen molar-refractivity contribution < 1.29 is 14.3 Å². The van der Waals surface area contributed by atoms with Crippen LogP contribution in [0, 0.1) is 0 Å². The highest BCUT2D eigenvalue weighted by Crippen LogP contribution is 2.29. The Balaban J connectivity index is 1.38. The van der Waals surface area contributed by atoms with Crippen LogP contribution in [0.3, 0.4) is 0 Å². The first-order chi connectivity index (χ1) is 15.6. The molecule has 32 heavy (non-hydrogen) atoms. The minimum Gasteiger partial charge on any atom is -0.496 e. The van der Waals surface area contributed by atoms with Crippen molar-refractivity contribution >= 4 is 23.4 Å². The fourth-order valence-electron chi connectivity index (χ4n) is 2.98. The standard InChI is InChI=1S/C23H21N5O3S/c1-30-20-13-6-5-12-19(20)22-26-27-23(28(22)24)32-15-21(29)25-16-8-7-11-18(14-16)31-17-9-3-2-4-10-17/h2-14H,15,24H2,1H3,(H,25,29). The third kappa shape index (κ3) is 5.01. The van der Waals surface area contributed by atoms with Crippen LogP contribution in [-0.4, -0.2) is 33.6 Å². The van der Waals surface area contributed by atoms with Crippen molar-refractivity contribution in [2.24, 2.45) is 0 Å². The van der Waals surface area contributed by atoms with Crippen LogP contribution in [0.15, 0.2) is 84.0 Å². The van der Waals surface area contributed by atoms with Crippen LogP contribution in [-0.2, 0) is 4.79 Å². The lowest BCUT2D eigenvalue weighted by molar-refractivity contribution is -0.113. The van der Waals surface area contributed by atoms with Crippen LogP contribution in [0.1, 0.15) is 0 Å². The van der Waals surface area contributed by atoms with Crippen LogP contribution in [0.4, 0.5) is 5.69 Å². The Labute approximate surface area is 189 Å². The second-order valence-corrected chi connectivity index (χ2v) is 7.60. The predicted octanol–water partition coefficient (Wildman–Crippen LogP) is 4.19. The Hall–Kier alpha value is -3.98. The van der Waals surface area contributed by atoms with E-state index >= 15 is 0 Å². The van der Waals surface area contributed by atoms with E-state index in [4.69, 9.17) is 15.3 Å². The molecule has 1 heterocycles. The number of nitrogens with two attached hydrogens (primary N) is 1. The molecule has 0 unspecified atom stereocenters. The number of aromatic nitrogens is 3. The number of ether oxygens (including phenoxy) is 2. The van der Waals surface area contributed by atoms with Gasteiger partial charge in [-0.1, -0.05) is 48.2 Å². The monoisotopic (exact) mass is 447 g/mol. The smallest absolute Gasteiger partial charge is 0.234 e. The number of nitrogen functional groups attached to an aromatic ring is 1. The number of thioether (sulfide) groups is 1. The van der Waals surface area contributed by atoms with Gasteiger partial charge in [-0.2, -0.15) is 0 Å². The topological polar surface area (TPSA) is 104 Å². The molecule has 0 atom stereocenters. The molecule has 1 aromatic heterocycles. The molecule has 0 saturated heterocycles. The van der Waals surface area contributed by atoms with Gasteiger partial charge in [-0.15, -0.1) is 10.2 Å². The van der Waals surface area contributed by atoms with Gasteiger partial charge in [-0.25, -0.2) is 4.68 Å². The SMILES string of the molecule is COc1ccccc1-c1nnc(SCC(=O)Nc2cccc(Oc3ccccc3)c2)n1N. The van der Waals surface area contributed by atoms with Crippen LogP contribution in [0.25, 0.3) is 11.4 Å². The molecule has 0 aliphatic heterocycles. The highest BCUT2D eigenvalue weighted by Gasteiger charge is 2.16. The van der Waals surface area contributed by atoms with Crippen molar-refractivity contribution in [2.75, 3.05) is 24.0 Å². The molecule has 9 heteroatoms. The zero-order valence-corrected chi connectivity index (χ0v) is 18.1. The molecule has 162 valence electrons. The summed E-state index contributed by atoms with van der Waals surface area (Å²) in [5, 5.41) is 11.5. The van der Waals surface area contributed by atoms with Gasteiger partial charge in [0.1, 0.15) is 17.2 Å². The summed E-state index contributed by atoms with van der Waals surface area (Å²) in [6.45, 7) is 0. The predicted molar refractivity (Wildman–Crippen MR) is 124 cm³/mol. The maximum atomic E-state index is 12.5. The maximum Gasteiger partial charge on any atom is 0.234 e. The number of benzene rings is 3. The van der Waals surface area contributed by atoms with E-state index in [-0.39, 0.29) is 11.7 Å². The zero-order valence-electron chi connectivity index (χ0n) is 17.3. The molecule has 1 amide bonds. The molecule has 3 aromatic carbocycles. The normalized spacial score (nSPS) is 10.5. The number of rotatable bonds is 8. The molecular weight excluding hydrogens is 426 g/mol. The fraction of sp³-hybridized carbons (Fsp3) is 0.0870. The maximum absolute atomic E-state index is 12.5. The van der Waals surface area contributed by atoms with Gasteiger partial charge < -0.3 is 20.6 Å². The van der Waals surface area contributed by atoms with E-state index in [1.807, 2.05) is 66.7 Å². The van der Waals surface area contributed by atoms with Gasteiger partial charge in [0.2, 0.25) is 11.1 Å². The number of hydrogen-bond donors (Lipinski definition) is 2. The lowest BCUT2D eigenvalue weighted by Crippen LogP contribution is -2.16. The minimum absolute atomic E-state index is 0.116. The average molecular weight is 448 g/mol. The summed E-state index contributed by atoms with van der Waals surface area (Å²) in [6, 6.07) is 24.0. The quantitative estimate of drug-likeness (QED) is 0.308. The lowest BCUT2D eigenvalue weighted by atomic mass is 10.2. The molecule has 0 saturated carbocycles. The van der Waals surface area contributed by atoms with E-state index in [1.165, 1.54) is 16.4 Å². The molecule has 0 spiro atoms. The molecule has 3 N–H and O–H groups in total. The molecule has 4 rings (SSSR count). The van der Waals surface area contributed by atoms with Gasteiger partial charge in [-0.05, 0) is 36.4 Å². The number of anilines is 1. The highest BCUT2D eigenvalue weighted by atomic mass is 32.2. The van der Waals surface area contributed by atoms with E-state index in [0.29, 0.717) is 28.2 Å². The second kappa shape index (κ2) is 9.88. The second-order valence-electron chi connectivity index (χ2n) is 6.66. The number of nitrogens with one attached hydrogen (secondary N) is 1. The molecule has 0 aliphatic rings. The summed E-state index contributed by atoms with van der Waals surface area (Å²) in [6.07, 6.45) is 0. The van der Waals surface area contributed by atoms with E-state index < -0.39 is 0 Å². The Bertz CT molecular complexity index is 1210. The molecule has 0 radical (unpaired) electrons. The first-order valence-corrected chi connectivity index (χ1v) is 10.7. The van der Waals surface area contributed by atoms with E-state index in [1.54, 1.807) is 19.2 Å². The third-order valence-corrected chi connectivity index (χ3v) is 5.38. The highest BCUT2D eigenvalue weighted by molar-refractivity contribution is 7.99. The van der Waals surface area contributed by atoms with Gasteiger partial charge in [-0.3, -0.25) is 4.79 Å². The van der Waals surface area contributed by atoms with E-state index in [9.17, 15) is 4.79 Å². The lowest BCUT2D eigenvalue weighted by Gasteiger charge is -2.09. The van der Waals surface area contributed by atoms with Gasteiger partial charge in [0.25, 0.3) is 0 Å². The Kier molecular flexibility index (Phi) is 6.57. The largest absolute Gasteiger partial charge is 0.496 e.